The Morgan fingerprint density at radius 1 is 1.38 bits per heavy atom. The summed E-state index contributed by atoms with van der Waals surface area (Å²) in [7, 11) is 0. The number of carbonyl (C=O) groups excluding carboxylic acids is 1. The molecule has 1 heterocycles. The van der Waals surface area contributed by atoms with Gasteiger partial charge in [-0.1, -0.05) is 29.5 Å². The largest absolute Gasteiger partial charge is 0.395 e. The van der Waals surface area contributed by atoms with Gasteiger partial charge >= 0.3 is 0 Å². The highest BCUT2D eigenvalue weighted by molar-refractivity contribution is 7.10. The summed E-state index contributed by atoms with van der Waals surface area (Å²) in [5, 5.41) is 13.6. The molecular formula is C17H17NO2S. The number of hydrogen-bond acceptors (Lipinski definition) is 3. The van der Waals surface area contributed by atoms with Gasteiger partial charge in [0.05, 0.1) is 13.2 Å². The number of aryl methyl sites for hydroxylation is 1. The van der Waals surface area contributed by atoms with Crippen molar-refractivity contribution in [1.29, 1.82) is 0 Å². The third-order valence-corrected chi connectivity index (χ3v) is 3.82. The van der Waals surface area contributed by atoms with E-state index < -0.39 is 0 Å². The first-order chi connectivity index (χ1) is 10.2. The quantitative estimate of drug-likeness (QED) is 0.853. The van der Waals surface area contributed by atoms with Crippen molar-refractivity contribution in [2.45, 2.75) is 19.9 Å². The Morgan fingerprint density at radius 3 is 3.00 bits per heavy atom. The molecule has 0 saturated heterocycles. The summed E-state index contributed by atoms with van der Waals surface area (Å²) in [5.41, 5.74) is 2.65. The number of rotatable bonds is 4. The summed E-state index contributed by atoms with van der Waals surface area (Å²) in [4.78, 5) is 13.1. The monoisotopic (exact) mass is 299 g/mol. The first-order valence-electron chi connectivity index (χ1n) is 6.71. The average molecular weight is 299 g/mol. The molecule has 3 nitrogen and oxygen atoms in total. The minimum atomic E-state index is -0.0821. The van der Waals surface area contributed by atoms with Crippen LogP contribution >= 0.6 is 11.3 Å². The maximum absolute atomic E-state index is 12.1. The van der Waals surface area contributed by atoms with Crippen LogP contribution in [0.2, 0.25) is 0 Å². The number of hydrogen-bond donors (Lipinski definition) is 2. The molecule has 2 aromatic rings. The molecule has 2 N–H and O–H groups in total. The Morgan fingerprint density at radius 2 is 2.24 bits per heavy atom. The number of amides is 1. The van der Waals surface area contributed by atoms with Crippen LogP contribution in [0, 0.1) is 18.8 Å². The number of benzene rings is 1. The van der Waals surface area contributed by atoms with Crippen LogP contribution in [0.25, 0.3) is 0 Å². The molecule has 0 fully saturated rings. The second-order valence-corrected chi connectivity index (χ2v) is 5.59. The van der Waals surface area contributed by atoms with Gasteiger partial charge in [0.25, 0.3) is 5.91 Å². The van der Waals surface area contributed by atoms with Gasteiger partial charge in [-0.15, -0.1) is 11.3 Å². The van der Waals surface area contributed by atoms with Crippen molar-refractivity contribution in [2.75, 3.05) is 6.61 Å². The van der Waals surface area contributed by atoms with Crippen molar-refractivity contribution in [3.8, 4) is 11.8 Å². The molecule has 0 unspecified atom stereocenters. The predicted octanol–water partition coefficient (Wildman–Crippen LogP) is 2.72. The van der Waals surface area contributed by atoms with Crippen molar-refractivity contribution in [1.82, 2.24) is 5.32 Å². The molecule has 0 spiro atoms. The second kappa shape index (κ2) is 7.63. The van der Waals surface area contributed by atoms with Gasteiger partial charge in [-0.2, -0.15) is 0 Å². The standard InChI is InChI=1S/C17H17NO2S/c1-13-5-4-7-15(11-13)17(20)18-12-16-14(8-10-21-16)6-2-3-9-19/h4-5,7-8,10-11,19H,3,9,12H2,1H3,(H,18,20). The maximum Gasteiger partial charge on any atom is 0.251 e. The Balaban J connectivity index is 1.99. The molecule has 21 heavy (non-hydrogen) atoms. The Bertz CT molecular complexity index is 679. The highest BCUT2D eigenvalue weighted by atomic mass is 32.1. The Labute approximate surface area is 128 Å². The zero-order valence-corrected chi connectivity index (χ0v) is 12.7. The molecule has 0 radical (unpaired) electrons. The molecule has 0 aliphatic carbocycles. The first kappa shape index (κ1) is 15.3. The Hall–Kier alpha value is -2.09. The number of nitrogens with one attached hydrogen (secondary N) is 1. The lowest BCUT2D eigenvalue weighted by atomic mass is 10.1. The summed E-state index contributed by atoms with van der Waals surface area (Å²) in [6.07, 6.45) is 0.463. The van der Waals surface area contributed by atoms with Gasteiger partial charge < -0.3 is 10.4 Å². The van der Waals surface area contributed by atoms with E-state index in [-0.39, 0.29) is 12.5 Å². The zero-order chi connectivity index (χ0) is 15.1. The molecule has 108 valence electrons. The molecule has 0 saturated carbocycles. The highest BCUT2D eigenvalue weighted by Gasteiger charge is 2.07. The van der Waals surface area contributed by atoms with Crippen molar-refractivity contribution in [3.05, 3.63) is 57.3 Å². The minimum absolute atomic E-state index is 0.0660. The first-order valence-corrected chi connectivity index (χ1v) is 7.59. The third kappa shape index (κ3) is 4.45. The fraction of sp³-hybridized carbons (Fsp3) is 0.235. The average Bonchev–Trinajstić information content (AvgIpc) is 2.92. The maximum atomic E-state index is 12.1. The summed E-state index contributed by atoms with van der Waals surface area (Å²) in [6, 6.07) is 9.44. The van der Waals surface area contributed by atoms with Crippen molar-refractivity contribution in [2.24, 2.45) is 0 Å². The number of carbonyl (C=O) groups is 1. The fourth-order valence-corrected chi connectivity index (χ4v) is 2.62. The van der Waals surface area contributed by atoms with E-state index in [4.69, 9.17) is 5.11 Å². The zero-order valence-electron chi connectivity index (χ0n) is 11.8. The van der Waals surface area contributed by atoms with Gasteiger partial charge in [-0.3, -0.25) is 4.79 Å². The molecule has 0 bridgehead atoms. The normalized spacial score (nSPS) is 9.81. The number of aliphatic hydroxyl groups excluding tert-OH is 1. The number of aliphatic hydroxyl groups is 1. The van der Waals surface area contributed by atoms with E-state index in [1.807, 2.05) is 36.6 Å². The van der Waals surface area contributed by atoms with E-state index in [1.165, 1.54) is 0 Å². The SMILES string of the molecule is Cc1cccc(C(=O)NCc2sccc2C#CCCO)c1. The second-order valence-electron chi connectivity index (χ2n) is 4.58. The lowest BCUT2D eigenvalue weighted by Gasteiger charge is -2.05. The van der Waals surface area contributed by atoms with Gasteiger partial charge in [0.15, 0.2) is 0 Å². The van der Waals surface area contributed by atoms with Gasteiger partial charge in [0.1, 0.15) is 0 Å². The van der Waals surface area contributed by atoms with Crippen LogP contribution in [0.4, 0.5) is 0 Å². The van der Waals surface area contributed by atoms with Crippen LogP contribution in [0.3, 0.4) is 0 Å². The molecule has 0 atom stereocenters. The van der Waals surface area contributed by atoms with Crippen LogP contribution < -0.4 is 5.32 Å². The molecule has 0 aliphatic rings. The minimum Gasteiger partial charge on any atom is -0.395 e. The molecular weight excluding hydrogens is 282 g/mol. The third-order valence-electron chi connectivity index (χ3n) is 2.90. The van der Waals surface area contributed by atoms with E-state index in [1.54, 1.807) is 17.4 Å². The van der Waals surface area contributed by atoms with E-state index in [2.05, 4.69) is 17.2 Å². The molecule has 1 aromatic heterocycles. The van der Waals surface area contributed by atoms with Crippen molar-refractivity contribution < 1.29 is 9.90 Å². The van der Waals surface area contributed by atoms with Gasteiger partial charge in [0.2, 0.25) is 0 Å². The van der Waals surface area contributed by atoms with Crippen molar-refractivity contribution >= 4 is 17.2 Å². The summed E-state index contributed by atoms with van der Waals surface area (Å²) in [6.45, 7) is 2.50. The lowest BCUT2D eigenvalue weighted by Crippen LogP contribution is -2.22. The molecule has 1 amide bonds. The van der Waals surface area contributed by atoms with E-state index in [0.29, 0.717) is 18.5 Å². The molecule has 2 rings (SSSR count). The molecule has 1 aromatic carbocycles. The van der Waals surface area contributed by atoms with Crippen LogP contribution in [0.15, 0.2) is 35.7 Å². The lowest BCUT2D eigenvalue weighted by molar-refractivity contribution is 0.0951. The van der Waals surface area contributed by atoms with Crippen LogP contribution in [0.5, 0.6) is 0 Å². The van der Waals surface area contributed by atoms with Crippen LogP contribution in [-0.4, -0.2) is 17.6 Å². The fourth-order valence-electron chi connectivity index (χ4n) is 1.85. The van der Waals surface area contributed by atoms with E-state index >= 15 is 0 Å². The van der Waals surface area contributed by atoms with E-state index in [9.17, 15) is 4.79 Å². The van der Waals surface area contributed by atoms with Crippen LogP contribution in [-0.2, 0) is 6.54 Å². The summed E-state index contributed by atoms with van der Waals surface area (Å²) < 4.78 is 0. The van der Waals surface area contributed by atoms with Gasteiger partial charge in [-0.05, 0) is 30.5 Å². The molecule has 0 aliphatic heterocycles. The topological polar surface area (TPSA) is 49.3 Å². The molecule has 4 heteroatoms. The van der Waals surface area contributed by atoms with Crippen molar-refractivity contribution in [3.63, 3.8) is 0 Å². The van der Waals surface area contributed by atoms with E-state index in [0.717, 1.165) is 16.0 Å². The predicted molar refractivity (Wildman–Crippen MR) is 85.2 cm³/mol. The van der Waals surface area contributed by atoms with Gasteiger partial charge in [-0.25, -0.2) is 0 Å². The Kier molecular flexibility index (Phi) is 5.56. The van der Waals surface area contributed by atoms with Gasteiger partial charge in [0, 0.05) is 22.4 Å². The number of thiophene rings is 1. The highest BCUT2D eigenvalue weighted by Crippen LogP contribution is 2.16. The smallest absolute Gasteiger partial charge is 0.251 e. The summed E-state index contributed by atoms with van der Waals surface area (Å²) >= 11 is 1.57. The summed E-state index contributed by atoms with van der Waals surface area (Å²) in [5.74, 6) is 5.83. The van der Waals surface area contributed by atoms with Crippen LogP contribution in [0.1, 0.15) is 32.8 Å².